The molecule has 0 aromatic carbocycles. The van der Waals surface area contributed by atoms with Crippen molar-refractivity contribution >= 4 is 23.9 Å². The van der Waals surface area contributed by atoms with E-state index < -0.39 is 23.9 Å². The summed E-state index contributed by atoms with van der Waals surface area (Å²) in [5.41, 5.74) is -0.468. The van der Waals surface area contributed by atoms with E-state index in [1.807, 2.05) is 0 Å². The van der Waals surface area contributed by atoms with Gasteiger partial charge in [-0.15, -0.1) is 0 Å². The van der Waals surface area contributed by atoms with Crippen molar-refractivity contribution in [2.24, 2.45) is 0 Å². The number of hydrogen-bond acceptors (Lipinski definition) is 6. The number of carbonyl (C=O) groups is 4. The summed E-state index contributed by atoms with van der Waals surface area (Å²) in [5.74, 6) is -5.77. The molecule has 0 amide bonds. The highest BCUT2D eigenvalue weighted by atomic mass is 16.4. The van der Waals surface area contributed by atoms with E-state index in [0.29, 0.717) is 0 Å². The Kier molecular flexibility index (Phi) is 4.94. The molecule has 6 N–H and O–H groups in total. The number of imidazole rings is 2. The molecule has 2 aromatic rings. The van der Waals surface area contributed by atoms with Crippen molar-refractivity contribution in [2.45, 2.75) is 0 Å². The number of H-pyrrole nitrogens is 2. The molecule has 2 rings (SSSR count). The minimum atomic E-state index is -1.28. The number of nitrogens with zero attached hydrogens (tertiary/aromatic N) is 2. The maximum atomic E-state index is 10.2. The molecule has 22 heavy (non-hydrogen) atoms. The summed E-state index contributed by atoms with van der Waals surface area (Å²) >= 11 is 0. The van der Waals surface area contributed by atoms with Gasteiger partial charge in [-0.3, -0.25) is 0 Å². The molecule has 0 aliphatic rings. The van der Waals surface area contributed by atoms with Crippen LogP contribution in [0.4, 0.5) is 0 Å². The number of carboxylic acids is 4. The first-order chi connectivity index (χ1) is 10.2. The SMILES string of the molecule is O=C(O)c1cnc(C(=O)O)[nH]1.O=C(O)c1cnc(C(=O)O)[nH]1. The van der Waals surface area contributed by atoms with E-state index in [1.54, 1.807) is 0 Å². The molecule has 0 aliphatic carbocycles. The Morgan fingerprint density at radius 3 is 1.14 bits per heavy atom. The third kappa shape index (κ3) is 4.16. The largest absolute Gasteiger partial charge is 0.477 e. The number of aromatic carboxylic acids is 4. The molecular formula is C10H8N4O8. The minimum Gasteiger partial charge on any atom is -0.477 e. The van der Waals surface area contributed by atoms with Crippen LogP contribution >= 0.6 is 0 Å². The monoisotopic (exact) mass is 312 g/mol. The summed E-state index contributed by atoms with van der Waals surface area (Å²) < 4.78 is 0. The van der Waals surface area contributed by atoms with Gasteiger partial charge in [-0.1, -0.05) is 0 Å². The normalized spacial score (nSPS) is 9.45. The van der Waals surface area contributed by atoms with Crippen LogP contribution in [-0.4, -0.2) is 64.2 Å². The number of aromatic amines is 2. The van der Waals surface area contributed by atoms with Crippen molar-refractivity contribution in [1.29, 1.82) is 0 Å². The van der Waals surface area contributed by atoms with Gasteiger partial charge in [-0.2, -0.15) is 0 Å². The lowest BCUT2D eigenvalue weighted by molar-refractivity contribution is 0.0665. The van der Waals surface area contributed by atoms with E-state index in [-0.39, 0.29) is 23.0 Å². The summed E-state index contributed by atoms with van der Waals surface area (Å²) in [6.45, 7) is 0. The summed E-state index contributed by atoms with van der Waals surface area (Å²) in [6.07, 6.45) is 1.90. The predicted octanol–water partition coefficient (Wildman–Crippen LogP) is -0.388. The summed E-state index contributed by atoms with van der Waals surface area (Å²) in [4.78, 5) is 51.5. The van der Waals surface area contributed by atoms with E-state index >= 15 is 0 Å². The number of carboxylic acid groups (broad SMARTS) is 4. The molecule has 0 bridgehead atoms. The lowest BCUT2D eigenvalue weighted by Gasteiger charge is -1.83. The van der Waals surface area contributed by atoms with Gasteiger partial charge < -0.3 is 30.4 Å². The van der Waals surface area contributed by atoms with Crippen molar-refractivity contribution in [3.63, 3.8) is 0 Å². The summed E-state index contributed by atoms with van der Waals surface area (Å²) in [7, 11) is 0. The van der Waals surface area contributed by atoms with Crippen LogP contribution in [0, 0.1) is 0 Å². The van der Waals surface area contributed by atoms with Gasteiger partial charge in [0, 0.05) is 0 Å². The number of rotatable bonds is 4. The Morgan fingerprint density at radius 1 is 0.682 bits per heavy atom. The van der Waals surface area contributed by atoms with Gasteiger partial charge in [0.25, 0.3) is 0 Å². The van der Waals surface area contributed by atoms with E-state index in [0.717, 1.165) is 12.4 Å². The molecule has 0 fully saturated rings. The number of hydrogen-bond donors (Lipinski definition) is 6. The van der Waals surface area contributed by atoms with Crippen molar-refractivity contribution in [2.75, 3.05) is 0 Å². The molecule has 2 heterocycles. The van der Waals surface area contributed by atoms with Crippen molar-refractivity contribution in [3.05, 3.63) is 35.4 Å². The van der Waals surface area contributed by atoms with E-state index in [1.165, 1.54) is 0 Å². The molecule has 0 atom stereocenters. The predicted molar refractivity (Wildman–Crippen MR) is 65.0 cm³/mol. The molecule has 0 saturated heterocycles. The summed E-state index contributed by atoms with van der Waals surface area (Å²) in [5, 5.41) is 33.2. The van der Waals surface area contributed by atoms with Gasteiger partial charge in [0.2, 0.25) is 11.6 Å². The quantitative estimate of drug-likeness (QED) is 0.430. The lowest BCUT2D eigenvalue weighted by Crippen LogP contribution is -2.01. The highest BCUT2D eigenvalue weighted by molar-refractivity contribution is 5.89. The van der Waals surface area contributed by atoms with Crippen LogP contribution in [0.25, 0.3) is 0 Å². The Bertz CT molecular complexity index is 612. The molecule has 0 saturated carbocycles. The van der Waals surface area contributed by atoms with E-state index in [4.69, 9.17) is 20.4 Å². The van der Waals surface area contributed by atoms with Crippen molar-refractivity contribution in [1.82, 2.24) is 19.9 Å². The second-order valence-corrected chi connectivity index (χ2v) is 3.51. The average molecular weight is 312 g/mol. The van der Waals surface area contributed by atoms with Crippen LogP contribution in [0.3, 0.4) is 0 Å². The lowest BCUT2D eigenvalue weighted by atomic mass is 10.5. The molecule has 0 spiro atoms. The first-order valence-electron chi connectivity index (χ1n) is 5.25. The van der Waals surface area contributed by atoms with E-state index in [9.17, 15) is 19.2 Å². The van der Waals surface area contributed by atoms with Crippen LogP contribution < -0.4 is 0 Å². The van der Waals surface area contributed by atoms with Crippen LogP contribution in [0.15, 0.2) is 12.4 Å². The second kappa shape index (κ2) is 6.65. The number of aromatic nitrogens is 4. The second-order valence-electron chi connectivity index (χ2n) is 3.51. The summed E-state index contributed by atoms with van der Waals surface area (Å²) in [6, 6.07) is 0. The molecule has 0 radical (unpaired) electrons. The molecule has 2 aromatic heterocycles. The minimum absolute atomic E-state index is 0.234. The fraction of sp³-hybridized carbons (Fsp3) is 0. The standard InChI is InChI=1S/2C5H4N2O4/c2*8-4(9)2-1-6-3(7-2)5(10)11/h2*1H,(H,6,7)(H,8,9)(H,10,11). The van der Waals surface area contributed by atoms with Gasteiger partial charge in [-0.05, 0) is 0 Å². The fourth-order valence-corrected chi connectivity index (χ4v) is 1.08. The van der Waals surface area contributed by atoms with Crippen LogP contribution in [0.1, 0.15) is 42.2 Å². The molecule has 0 unspecified atom stereocenters. The maximum Gasteiger partial charge on any atom is 0.371 e. The van der Waals surface area contributed by atoms with Crippen molar-refractivity contribution in [3.8, 4) is 0 Å². The maximum absolute atomic E-state index is 10.2. The molecule has 12 nitrogen and oxygen atoms in total. The zero-order valence-electron chi connectivity index (χ0n) is 10.5. The van der Waals surface area contributed by atoms with Crippen molar-refractivity contribution < 1.29 is 39.6 Å². The van der Waals surface area contributed by atoms with Crippen LogP contribution in [0.5, 0.6) is 0 Å². The van der Waals surface area contributed by atoms with Crippen LogP contribution in [0.2, 0.25) is 0 Å². The highest BCUT2D eigenvalue weighted by Gasteiger charge is 2.12. The molecular weight excluding hydrogens is 304 g/mol. The smallest absolute Gasteiger partial charge is 0.371 e. The van der Waals surface area contributed by atoms with Crippen LogP contribution in [-0.2, 0) is 0 Å². The third-order valence-electron chi connectivity index (χ3n) is 2.02. The van der Waals surface area contributed by atoms with Gasteiger partial charge in [0.05, 0.1) is 12.4 Å². The fourth-order valence-electron chi connectivity index (χ4n) is 1.08. The zero-order chi connectivity index (χ0) is 16.9. The Hall–Kier alpha value is -3.70. The topological polar surface area (TPSA) is 207 Å². The third-order valence-corrected chi connectivity index (χ3v) is 2.02. The highest BCUT2D eigenvalue weighted by Crippen LogP contribution is 1.96. The Labute approximate surface area is 120 Å². The number of nitrogens with one attached hydrogen (secondary N) is 2. The average Bonchev–Trinajstić information content (AvgIpc) is 3.09. The van der Waals surface area contributed by atoms with E-state index in [2.05, 4.69) is 19.9 Å². The first kappa shape index (κ1) is 16.4. The molecule has 0 aliphatic heterocycles. The first-order valence-corrected chi connectivity index (χ1v) is 5.25. The van der Waals surface area contributed by atoms with Gasteiger partial charge in [0.15, 0.2) is 0 Å². The zero-order valence-corrected chi connectivity index (χ0v) is 10.5. The Morgan fingerprint density at radius 2 is 1.00 bits per heavy atom. The Balaban J connectivity index is 0.000000220. The van der Waals surface area contributed by atoms with Gasteiger partial charge in [-0.25, -0.2) is 29.1 Å². The van der Waals surface area contributed by atoms with Gasteiger partial charge >= 0.3 is 23.9 Å². The molecule has 116 valence electrons. The van der Waals surface area contributed by atoms with Gasteiger partial charge in [0.1, 0.15) is 11.4 Å². The molecule has 12 heteroatoms.